The summed E-state index contributed by atoms with van der Waals surface area (Å²) in [5.41, 5.74) is 7.02. The van der Waals surface area contributed by atoms with Gasteiger partial charge in [-0.1, -0.05) is 29.3 Å². The maximum absolute atomic E-state index is 6.22. The zero-order valence-electron chi connectivity index (χ0n) is 11.6. The normalized spacial score (nSPS) is 11.0. The molecule has 2 aliphatic rings. The third-order valence-corrected chi connectivity index (χ3v) is 3.94. The Hall–Kier alpha value is -1.89. The molecule has 0 bridgehead atoms. The summed E-state index contributed by atoms with van der Waals surface area (Å²) in [4.78, 5) is 12.9. The molecule has 0 unspecified atom stereocenters. The number of aromatic nitrogens is 4. The number of halogens is 2. The molecule has 0 aliphatic carbocycles. The van der Waals surface area contributed by atoms with Crippen LogP contribution in [-0.2, 0) is 6.54 Å². The fourth-order valence-corrected chi connectivity index (χ4v) is 2.69. The molecule has 8 heteroatoms. The Kier molecular flexibility index (Phi) is 4.42. The summed E-state index contributed by atoms with van der Waals surface area (Å²) < 4.78 is 1.86. The quantitative estimate of drug-likeness (QED) is 0.748. The summed E-state index contributed by atoms with van der Waals surface area (Å²) in [6.07, 6.45) is 3.19. The second kappa shape index (κ2) is 6.48. The molecule has 0 fully saturated rings. The van der Waals surface area contributed by atoms with E-state index in [-0.39, 0.29) is 0 Å². The van der Waals surface area contributed by atoms with Crippen molar-refractivity contribution >= 4 is 29.0 Å². The summed E-state index contributed by atoms with van der Waals surface area (Å²) in [5, 5.41) is 4.35. The minimum atomic E-state index is 0.470. The zero-order chi connectivity index (χ0) is 15.5. The van der Waals surface area contributed by atoms with Crippen LogP contribution in [0.3, 0.4) is 0 Å². The number of nitrogens with zero attached hydrogens (tertiary/aromatic N) is 4. The van der Waals surface area contributed by atoms with Gasteiger partial charge in [0.05, 0.1) is 12.9 Å². The van der Waals surface area contributed by atoms with E-state index in [2.05, 4.69) is 20.3 Å². The van der Waals surface area contributed by atoms with Crippen molar-refractivity contribution in [2.45, 2.75) is 6.54 Å². The zero-order valence-corrected chi connectivity index (χ0v) is 13.1. The van der Waals surface area contributed by atoms with Gasteiger partial charge >= 0.3 is 0 Å². The highest BCUT2D eigenvalue weighted by Crippen LogP contribution is 2.28. The van der Waals surface area contributed by atoms with Crippen LogP contribution in [0.15, 0.2) is 30.9 Å². The number of hydrogen-bond donors (Lipinski definition) is 2. The highest BCUT2D eigenvalue weighted by molar-refractivity contribution is 6.35. The first-order valence-corrected chi connectivity index (χ1v) is 7.49. The van der Waals surface area contributed by atoms with Gasteiger partial charge in [-0.3, -0.25) is 0 Å². The highest BCUT2D eigenvalue weighted by atomic mass is 35.5. The van der Waals surface area contributed by atoms with Crippen LogP contribution in [0.25, 0.3) is 11.5 Å². The van der Waals surface area contributed by atoms with Crippen LogP contribution in [0.5, 0.6) is 0 Å². The van der Waals surface area contributed by atoms with E-state index < -0.39 is 0 Å². The third kappa shape index (κ3) is 2.85. The van der Waals surface area contributed by atoms with Gasteiger partial charge in [0, 0.05) is 28.7 Å². The third-order valence-electron chi connectivity index (χ3n) is 3.23. The first-order valence-electron chi connectivity index (χ1n) is 6.73. The second-order valence-electron chi connectivity index (χ2n) is 4.68. The van der Waals surface area contributed by atoms with Gasteiger partial charge < -0.3 is 15.6 Å². The van der Waals surface area contributed by atoms with E-state index in [4.69, 9.17) is 28.9 Å². The van der Waals surface area contributed by atoms with Crippen LogP contribution < -0.4 is 11.1 Å². The van der Waals surface area contributed by atoms with Crippen molar-refractivity contribution in [1.82, 2.24) is 19.5 Å². The molecule has 0 radical (unpaired) electrons. The molecular formula is C14H14Cl2N6. The van der Waals surface area contributed by atoms with Crippen LogP contribution in [0, 0.1) is 0 Å². The van der Waals surface area contributed by atoms with Crippen LogP contribution in [0.1, 0.15) is 5.56 Å². The standard InChI is InChI=1S/C14H14Cl2N6/c15-10-2-1-3-11(16)9(10)6-22-8-21-13(18-5-4-17)12-14(22)20-7-19-12/h1-3,7-8,18H,4-6,17H2. The fourth-order valence-electron chi connectivity index (χ4n) is 2.17. The molecule has 3 rings (SSSR count). The predicted octanol–water partition coefficient (Wildman–Crippen LogP) is 2.50. The first-order chi connectivity index (χ1) is 10.7. The molecule has 1 aromatic carbocycles. The maximum atomic E-state index is 6.22. The fraction of sp³-hybridized carbons (Fsp3) is 0.214. The topological polar surface area (TPSA) is 81.6 Å². The molecular weight excluding hydrogens is 323 g/mol. The molecule has 1 aromatic rings. The molecule has 0 atom stereocenters. The molecule has 2 aliphatic heterocycles. The maximum Gasteiger partial charge on any atom is 0.165 e. The van der Waals surface area contributed by atoms with Gasteiger partial charge in [0.15, 0.2) is 17.3 Å². The van der Waals surface area contributed by atoms with Crippen molar-refractivity contribution in [2.75, 3.05) is 18.4 Å². The van der Waals surface area contributed by atoms with Crippen LogP contribution in [-0.4, -0.2) is 32.6 Å². The van der Waals surface area contributed by atoms with Crippen molar-refractivity contribution in [1.29, 1.82) is 0 Å². The van der Waals surface area contributed by atoms with Crippen LogP contribution >= 0.6 is 23.2 Å². The largest absolute Gasteiger partial charge is 0.367 e. The summed E-state index contributed by atoms with van der Waals surface area (Å²) in [7, 11) is 0. The highest BCUT2D eigenvalue weighted by Gasteiger charge is 2.17. The molecule has 0 aromatic heterocycles. The summed E-state index contributed by atoms with van der Waals surface area (Å²) in [6, 6.07) is 5.43. The van der Waals surface area contributed by atoms with E-state index in [1.807, 2.05) is 22.8 Å². The molecule has 3 N–H and O–H groups in total. The lowest BCUT2D eigenvalue weighted by Crippen LogP contribution is -2.16. The van der Waals surface area contributed by atoms with E-state index in [1.54, 1.807) is 6.33 Å². The number of rotatable bonds is 5. The monoisotopic (exact) mass is 336 g/mol. The van der Waals surface area contributed by atoms with Gasteiger partial charge in [0.2, 0.25) is 0 Å². The number of hydrogen-bond acceptors (Lipinski definition) is 5. The number of nitrogens with one attached hydrogen (secondary N) is 1. The Labute approximate surface area is 137 Å². The van der Waals surface area contributed by atoms with Gasteiger partial charge in [-0.05, 0) is 12.1 Å². The van der Waals surface area contributed by atoms with Crippen molar-refractivity contribution in [3.8, 4) is 11.5 Å². The molecule has 22 heavy (non-hydrogen) atoms. The van der Waals surface area contributed by atoms with Crippen LogP contribution in [0.4, 0.5) is 5.82 Å². The van der Waals surface area contributed by atoms with Gasteiger partial charge in [-0.15, -0.1) is 0 Å². The first kappa shape index (κ1) is 15.0. The number of nitrogens with two attached hydrogens (primary N) is 1. The van der Waals surface area contributed by atoms with E-state index in [9.17, 15) is 0 Å². The van der Waals surface area contributed by atoms with E-state index in [0.29, 0.717) is 47.0 Å². The number of fused-ring (bicyclic) bond motifs is 1. The van der Waals surface area contributed by atoms with E-state index >= 15 is 0 Å². The minimum Gasteiger partial charge on any atom is -0.367 e. The van der Waals surface area contributed by atoms with Gasteiger partial charge in [-0.2, -0.15) is 0 Å². The molecule has 0 saturated carbocycles. The molecule has 2 heterocycles. The molecule has 114 valence electrons. The van der Waals surface area contributed by atoms with Gasteiger partial charge in [0.25, 0.3) is 0 Å². The minimum absolute atomic E-state index is 0.470. The van der Waals surface area contributed by atoms with E-state index in [1.165, 1.54) is 6.33 Å². The van der Waals surface area contributed by atoms with Crippen molar-refractivity contribution in [3.63, 3.8) is 0 Å². The van der Waals surface area contributed by atoms with Crippen molar-refractivity contribution in [3.05, 3.63) is 46.5 Å². The Morgan fingerprint density at radius 3 is 2.64 bits per heavy atom. The lowest BCUT2D eigenvalue weighted by molar-refractivity contribution is 0.761. The van der Waals surface area contributed by atoms with Gasteiger partial charge in [-0.25, -0.2) is 15.0 Å². The molecule has 0 saturated heterocycles. The average molecular weight is 337 g/mol. The molecule has 0 spiro atoms. The Morgan fingerprint density at radius 1 is 1.14 bits per heavy atom. The number of benzene rings is 1. The Balaban J connectivity index is 1.97. The van der Waals surface area contributed by atoms with Crippen molar-refractivity contribution < 1.29 is 0 Å². The second-order valence-corrected chi connectivity index (χ2v) is 5.50. The molecule has 6 nitrogen and oxygen atoms in total. The van der Waals surface area contributed by atoms with Gasteiger partial charge in [0.1, 0.15) is 6.33 Å². The smallest absolute Gasteiger partial charge is 0.165 e. The van der Waals surface area contributed by atoms with Crippen molar-refractivity contribution in [2.24, 2.45) is 5.73 Å². The summed E-state index contributed by atoms with van der Waals surface area (Å²) in [5.74, 6) is 1.38. The SMILES string of the molecule is NCCNc1ncn(Cc2c(Cl)cccc2Cl)c2ncnc1-2. The van der Waals surface area contributed by atoms with Crippen LogP contribution in [0.2, 0.25) is 10.0 Å². The number of anilines is 1. The summed E-state index contributed by atoms with van der Waals surface area (Å²) >= 11 is 12.4. The Bertz CT molecular complexity index is 737. The Morgan fingerprint density at radius 2 is 1.91 bits per heavy atom. The van der Waals surface area contributed by atoms with E-state index in [0.717, 1.165) is 5.56 Å². The average Bonchev–Trinajstić information content (AvgIpc) is 3.00. The summed E-state index contributed by atoms with van der Waals surface area (Å²) in [6.45, 7) is 1.61. The lowest BCUT2D eigenvalue weighted by Gasteiger charge is -2.15. The lowest BCUT2D eigenvalue weighted by atomic mass is 10.2. The number of imidazole rings is 1. The molecule has 0 amide bonds. The predicted molar refractivity (Wildman–Crippen MR) is 87.5 cm³/mol.